The van der Waals surface area contributed by atoms with E-state index in [0.29, 0.717) is 28.5 Å². The molecule has 0 radical (unpaired) electrons. The molecule has 162 valence electrons. The summed E-state index contributed by atoms with van der Waals surface area (Å²) in [4.78, 5) is 25.2. The molecule has 0 saturated heterocycles. The van der Waals surface area contributed by atoms with Gasteiger partial charge in [0.25, 0.3) is 0 Å². The number of carbonyl (C=O) groups is 2. The summed E-state index contributed by atoms with van der Waals surface area (Å²) in [6.45, 7) is 2.02. The van der Waals surface area contributed by atoms with Crippen molar-refractivity contribution in [2.24, 2.45) is 0 Å². The third-order valence-corrected chi connectivity index (χ3v) is 5.59. The van der Waals surface area contributed by atoms with Gasteiger partial charge >= 0.3 is 5.97 Å². The number of hydrogen-bond donors (Lipinski definition) is 1. The first kappa shape index (κ1) is 22.4. The number of nitrogens with one attached hydrogen (secondary N) is 1. The quantitative estimate of drug-likeness (QED) is 0.465. The summed E-state index contributed by atoms with van der Waals surface area (Å²) in [5.41, 5.74) is 2.99. The molecule has 1 aromatic heterocycles. The topological polar surface area (TPSA) is 73.9 Å². The molecule has 2 aromatic carbocycles. The number of anilines is 1. The van der Waals surface area contributed by atoms with Crippen molar-refractivity contribution in [2.45, 2.75) is 19.8 Å². The van der Waals surface area contributed by atoms with Crippen LogP contribution in [0.3, 0.4) is 0 Å². The highest BCUT2D eigenvalue weighted by atomic mass is 32.1. The van der Waals surface area contributed by atoms with Crippen LogP contribution in [-0.2, 0) is 16.0 Å². The van der Waals surface area contributed by atoms with Gasteiger partial charge in [-0.1, -0.05) is 36.4 Å². The monoisotopic (exact) mass is 439 g/mol. The molecule has 0 fully saturated rings. The summed E-state index contributed by atoms with van der Waals surface area (Å²) >= 11 is 1.32. The Morgan fingerprint density at radius 3 is 2.42 bits per heavy atom. The number of carbonyl (C=O) groups excluding carboxylic acids is 2. The standard InChI is InChI=1S/C24H25NO5S/c1-4-30-24(27)22-18(17-8-6-5-7-9-17)15-31-23(22)25-21(26)13-11-16-10-12-19(28-2)20(14-16)29-3/h5-10,12,14-15H,4,11,13H2,1-3H3,(H,25,26). The van der Waals surface area contributed by atoms with Gasteiger partial charge < -0.3 is 19.5 Å². The zero-order chi connectivity index (χ0) is 22.2. The second kappa shape index (κ2) is 10.6. The zero-order valence-corrected chi connectivity index (χ0v) is 18.6. The lowest BCUT2D eigenvalue weighted by Crippen LogP contribution is -2.15. The van der Waals surface area contributed by atoms with Gasteiger partial charge in [-0.05, 0) is 36.6 Å². The van der Waals surface area contributed by atoms with Crippen LogP contribution in [0.15, 0.2) is 53.9 Å². The molecule has 0 unspecified atom stereocenters. The van der Waals surface area contributed by atoms with Gasteiger partial charge in [0.15, 0.2) is 11.5 Å². The van der Waals surface area contributed by atoms with E-state index >= 15 is 0 Å². The fourth-order valence-corrected chi connectivity index (χ4v) is 4.14. The summed E-state index contributed by atoms with van der Waals surface area (Å²) < 4.78 is 15.8. The van der Waals surface area contributed by atoms with Crippen molar-refractivity contribution in [3.05, 3.63) is 65.0 Å². The number of amides is 1. The van der Waals surface area contributed by atoms with E-state index in [9.17, 15) is 9.59 Å². The summed E-state index contributed by atoms with van der Waals surface area (Å²) in [6.07, 6.45) is 0.786. The van der Waals surface area contributed by atoms with E-state index in [1.165, 1.54) is 11.3 Å². The van der Waals surface area contributed by atoms with E-state index < -0.39 is 5.97 Å². The van der Waals surface area contributed by atoms with Crippen molar-refractivity contribution >= 4 is 28.2 Å². The van der Waals surface area contributed by atoms with Gasteiger partial charge in [-0.15, -0.1) is 11.3 Å². The van der Waals surface area contributed by atoms with Crippen molar-refractivity contribution < 1.29 is 23.8 Å². The zero-order valence-electron chi connectivity index (χ0n) is 17.8. The third-order valence-electron chi connectivity index (χ3n) is 4.70. The second-order valence-electron chi connectivity index (χ2n) is 6.68. The largest absolute Gasteiger partial charge is 0.493 e. The fraction of sp³-hybridized carbons (Fsp3) is 0.250. The Bertz CT molecular complexity index is 1050. The van der Waals surface area contributed by atoms with E-state index in [1.807, 2.05) is 53.9 Å². The van der Waals surface area contributed by atoms with Crippen LogP contribution in [0, 0.1) is 0 Å². The molecule has 0 atom stereocenters. The number of thiophene rings is 1. The predicted octanol–water partition coefficient (Wildman–Crippen LogP) is 5.18. The van der Waals surface area contributed by atoms with Crippen molar-refractivity contribution in [3.8, 4) is 22.6 Å². The van der Waals surface area contributed by atoms with Crippen molar-refractivity contribution in [3.63, 3.8) is 0 Å². The van der Waals surface area contributed by atoms with Crippen molar-refractivity contribution in [1.82, 2.24) is 0 Å². The van der Waals surface area contributed by atoms with E-state index in [4.69, 9.17) is 14.2 Å². The van der Waals surface area contributed by atoms with Gasteiger partial charge in [-0.2, -0.15) is 0 Å². The number of aryl methyl sites for hydroxylation is 1. The molecule has 1 amide bonds. The molecule has 7 heteroatoms. The van der Waals surface area contributed by atoms with Gasteiger partial charge in [0.1, 0.15) is 10.6 Å². The van der Waals surface area contributed by atoms with Gasteiger partial charge in [0, 0.05) is 17.4 Å². The molecule has 0 aliphatic rings. The van der Waals surface area contributed by atoms with Gasteiger partial charge in [0.05, 0.1) is 20.8 Å². The lowest BCUT2D eigenvalue weighted by molar-refractivity contribution is -0.116. The maximum absolute atomic E-state index is 12.6. The maximum Gasteiger partial charge on any atom is 0.341 e. The summed E-state index contributed by atoms with van der Waals surface area (Å²) in [6, 6.07) is 15.1. The van der Waals surface area contributed by atoms with E-state index in [0.717, 1.165) is 16.7 Å². The van der Waals surface area contributed by atoms with E-state index in [1.54, 1.807) is 21.1 Å². The van der Waals surface area contributed by atoms with Crippen LogP contribution in [0.4, 0.5) is 5.00 Å². The highest BCUT2D eigenvalue weighted by molar-refractivity contribution is 7.15. The normalized spacial score (nSPS) is 10.4. The number of benzene rings is 2. The fourth-order valence-electron chi connectivity index (χ4n) is 3.17. The first-order chi connectivity index (χ1) is 15.1. The molecular formula is C24H25NO5S. The summed E-state index contributed by atoms with van der Waals surface area (Å²) in [5, 5.41) is 5.25. The predicted molar refractivity (Wildman–Crippen MR) is 122 cm³/mol. The van der Waals surface area contributed by atoms with Crippen molar-refractivity contribution in [2.75, 3.05) is 26.1 Å². The minimum Gasteiger partial charge on any atom is -0.493 e. The number of ether oxygens (including phenoxy) is 3. The van der Waals surface area contributed by atoms with Crippen LogP contribution in [0.5, 0.6) is 11.5 Å². The minimum atomic E-state index is -0.446. The lowest BCUT2D eigenvalue weighted by Gasteiger charge is -2.10. The van der Waals surface area contributed by atoms with Crippen LogP contribution < -0.4 is 14.8 Å². The molecular weight excluding hydrogens is 414 g/mol. The highest BCUT2D eigenvalue weighted by Crippen LogP contribution is 2.36. The van der Waals surface area contributed by atoms with Crippen LogP contribution in [0.25, 0.3) is 11.1 Å². The van der Waals surface area contributed by atoms with Gasteiger partial charge in [-0.25, -0.2) is 4.79 Å². The molecule has 0 saturated carbocycles. The highest BCUT2D eigenvalue weighted by Gasteiger charge is 2.22. The van der Waals surface area contributed by atoms with E-state index in [2.05, 4.69) is 5.32 Å². The molecule has 1 heterocycles. The average Bonchev–Trinajstić information content (AvgIpc) is 3.21. The minimum absolute atomic E-state index is 0.179. The molecule has 0 aliphatic heterocycles. The first-order valence-corrected chi connectivity index (χ1v) is 10.8. The first-order valence-electron chi connectivity index (χ1n) is 9.92. The summed E-state index contributed by atoms with van der Waals surface area (Å²) in [5.74, 6) is 0.636. The van der Waals surface area contributed by atoms with E-state index in [-0.39, 0.29) is 18.9 Å². The summed E-state index contributed by atoms with van der Waals surface area (Å²) in [7, 11) is 3.16. The molecule has 0 bridgehead atoms. The maximum atomic E-state index is 12.6. The van der Waals surface area contributed by atoms with Crippen molar-refractivity contribution in [1.29, 1.82) is 0 Å². The second-order valence-corrected chi connectivity index (χ2v) is 7.56. The van der Waals surface area contributed by atoms with Gasteiger partial charge in [-0.3, -0.25) is 4.79 Å². The molecule has 0 spiro atoms. The molecule has 31 heavy (non-hydrogen) atoms. The Balaban J connectivity index is 1.75. The van der Waals surface area contributed by atoms with Crippen LogP contribution in [-0.4, -0.2) is 32.7 Å². The van der Waals surface area contributed by atoms with Gasteiger partial charge in [0.2, 0.25) is 5.91 Å². The molecule has 3 aromatic rings. The Morgan fingerprint density at radius 2 is 1.74 bits per heavy atom. The Labute approximate surface area is 185 Å². The molecule has 3 rings (SSSR count). The molecule has 1 N–H and O–H groups in total. The van der Waals surface area contributed by atoms with Crippen LogP contribution in [0.2, 0.25) is 0 Å². The Hall–Kier alpha value is -3.32. The van der Waals surface area contributed by atoms with Crippen LogP contribution >= 0.6 is 11.3 Å². The molecule has 6 nitrogen and oxygen atoms in total. The third kappa shape index (κ3) is 5.44. The molecule has 0 aliphatic carbocycles. The average molecular weight is 440 g/mol. The smallest absolute Gasteiger partial charge is 0.341 e. The number of esters is 1. The lowest BCUT2D eigenvalue weighted by atomic mass is 10.0. The Kier molecular flexibility index (Phi) is 7.67. The number of methoxy groups -OCH3 is 2. The number of rotatable bonds is 9. The SMILES string of the molecule is CCOC(=O)c1c(-c2ccccc2)csc1NC(=O)CCc1ccc(OC)c(OC)c1. The number of hydrogen-bond acceptors (Lipinski definition) is 6. The van der Waals surface area contributed by atoms with Crippen LogP contribution in [0.1, 0.15) is 29.3 Å². The Morgan fingerprint density at radius 1 is 1.00 bits per heavy atom.